The Balaban J connectivity index is 1.28. The van der Waals surface area contributed by atoms with Crippen molar-refractivity contribution in [2.45, 2.75) is 13.0 Å². The molecule has 3 aromatic heterocycles. The quantitative estimate of drug-likeness (QED) is 0.747. The maximum Gasteiger partial charge on any atom is 0.271 e. The van der Waals surface area contributed by atoms with Crippen molar-refractivity contribution < 1.29 is 9.21 Å². The van der Waals surface area contributed by atoms with Gasteiger partial charge in [-0.2, -0.15) is 5.10 Å². The highest BCUT2D eigenvalue weighted by molar-refractivity contribution is 7.10. The molecule has 0 unspecified atom stereocenters. The summed E-state index contributed by atoms with van der Waals surface area (Å²) in [4.78, 5) is 16.1. The molecule has 0 fully saturated rings. The highest BCUT2D eigenvalue weighted by Gasteiger charge is 2.17. The van der Waals surface area contributed by atoms with Gasteiger partial charge >= 0.3 is 0 Å². The Kier molecular flexibility index (Phi) is 4.18. The second kappa shape index (κ2) is 6.62. The first-order chi connectivity index (χ1) is 11.8. The highest BCUT2D eigenvalue weighted by Crippen LogP contribution is 2.23. The molecule has 4 heterocycles. The van der Waals surface area contributed by atoms with Gasteiger partial charge < -0.3 is 9.73 Å². The van der Waals surface area contributed by atoms with Gasteiger partial charge in [-0.1, -0.05) is 0 Å². The first-order valence-electron chi connectivity index (χ1n) is 7.95. The molecule has 2 N–H and O–H groups in total. The average molecular weight is 342 g/mol. The number of hydrogen-bond donors (Lipinski definition) is 2. The summed E-state index contributed by atoms with van der Waals surface area (Å²) in [6.07, 6.45) is 2.69. The standard InChI is InChI=1S/C17H18N4O2S/c22-17(14-10-13(19-20-14)15-2-1-8-23-15)18-5-7-21-6-3-16-12(11-21)4-9-24-16/h1-2,4,8-10H,3,5-7,11H2,(H,18,22)(H,19,20). The number of H-pyrrole nitrogens is 1. The third-order valence-corrected chi connectivity index (χ3v) is 5.22. The molecule has 24 heavy (non-hydrogen) atoms. The number of hydrogen-bond acceptors (Lipinski definition) is 5. The van der Waals surface area contributed by atoms with Crippen molar-refractivity contribution in [1.82, 2.24) is 20.4 Å². The fourth-order valence-electron chi connectivity index (χ4n) is 2.91. The molecule has 1 amide bonds. The van der Waals surface area contributed by atoms with Crippen LogP contribution in [0.25, 0.3) is 11.5 Å². The number of thiophene rings is 1. The van der Waals surface area contributed by atoms with Crippen molar-refractivity contribution >= 4 is 17.2 Å². The summed E-state index contributed by atoms with van der Waals surface area (Å²) >= 11 is 1.84. The van der Waals surface area contributed by atoms with E-state index in [0.29, 0.717) is 23.7 Å². The van der Waals surface area contributed by atoms with E-state index in [1.807, 2.05) is 17.4 Å². The van der Waals surface area contributed by atoms with Crippen LogP contribution < -0.4 is 5.32 Å². The van der Waals surface area contributed by atoms with Gasteiger partial charge in [-0.25, -0.2) is 0 Å². The number of carbonyl (C=O) groups is 1. The molecular weight excluding hydrogens is 324 g/mol. The molecule has 0 bridgehead atoms. The summed E-state index contributed by atoms with van der Waals surface area (Å²) in [6, 6.07) is 7.52. The number of furan rings is 1. The van der Waals surface area contributed by atoms with E-state index in [1.54, 1.807) is 18.4 Å². The second-order valence-electron chi connectivity index (χ2n) is 5.80. The zero-order valence-corrected chi connectivity index (χ0v) is 13.9. The number of nitrogens with zero attached hydrogens (tertiary/aromatic N) is 2. The minimum absolute atomic E-state index is 0.169. The van der Waals surface area contributed by atoms with Crippen molar-refractivity contribution in [2.75, 3.05) is 19.6 Å². The number of amides is 1. The summed E-state index contributed by atoms with van der Waals surface area (Å²) < 4.78 is 5.29. The van der Waals surface area contributed by atoms with Crippen molar-refractivity contribution in [1.29, 1.82) is 0 Å². The van der Waals surface area contributed by atoms with Gasteiger partial charge in [0.2, 0.25) is 0 Å². The Hall–Kier alpha value is -2.38. The number of carbonyl (C=O) groups excluding carboxylic acids is 1. The summed E-state index contributed by atoms with van der Waals surface area (Å²) in [6.45, 7) is 3.48. The van der Waals surface area contributed by atoms with Gasteiger partial charge in [0.1, 0.15) is 5.69 Å². The predicted octanol–water partition coefficient (Wildman–Crippen LogP) is 2.52. The molecule has 0 aromatic carbocycles. The van der Waals surface area contributed by atoms with Gasteiger partial charge in [-0.15, -0.1) is 11.3 Å². The Labute approximate surface area is 143 Å². The summed E-state index contributed by atoms with van der Waals surface area (Å²) in [5.41, 5.74) is 2.50. The molecule has 7 heteroatoms. The first-order valence-corrected chi connectivity index (χ1v) is 8.82. The lowest BCUT2D eigenvalue weighted by Gasteiger charge is -2.26. The monoisotopic (exact) mass is 342 g/mol. The number of aromatic nitrogens is 2. The van der Waals surface area contributed by atoms with Crippen LogP contribution in [0.1, 0.15) is 20.9 Å². The first kappa shape index (κ1) is 15.2. The molecule has 6 nitrogen and oxygen atoms in total. The lowest BCUT2D eigenvalue weighted by Crippen LogP contribution is -2.37. The van der Waals surface area contributed by atoms with Gasteiger partial charge in [0, 0.05) is 37.1 Å². The predicted molar refractivity (Wildman–Crippen MR) is 91.9 cm³/mol. The van der Waals surface area contributed by atoms with Crippen LogP contribution in [-0.2, 0) is 13.0 Å². The normalized spacial score (nSPS) is 14.5. The zero-order valence-electron chi connectivity index (χ0n) is 13.1. The minimum atomic E-state index is -0.169. The van der Waals surface area contributed by atoms with Crippen molar-refractivity contribution in [3.63, 3.8) is 0 Å². The molecule has 1 aliphatic rings. The van der Waals surface area contributed by atoms with E-state index in [2.05, 4.69) is 31.9 Å². The van der Waals surface area contributed by atoms with E-state index in [1.165, 1.54) is 10.4 Å². The van der Waals surface area contributed by atoms with E-state index in [9.17, 15) is 4.79 Å². The van der Waals surface area contributed by atoms with E-state index < -0.39 is 0 Å². The molecule has 0 saturated carbocycles. The van der Waals surface area contributed by atoms with Gasteiger partial charge in [-0.05, 0) is 35.6 Å². The average Bonchev–Trinajstić information content (AvgIpc) is 3.33. The van der Waals surface area contributed by atoms with Gasteiger partial charge in [0.25, 0.3) is 5.91 Å². The molecule has 0 saturated heterocycles. The molecule has 4 rings (SSSR count). The maximum atomic E-state index is 12.2. The highest BCUT2D eigenvalue weighted by atomic mass is 32.1. The fourth-order valence-corrected chi connectivity index (χ4v) is 3.80. The number of fused-ring (bicyclic) bond motifs is 1. The molecule has 0 radical (unpaired) electrons. The molecule has 0 spiro atoms. The van der Waals surface area contributed by atoms with Crippen LogP contribution in [0.3, 0.4) is 0 Å². The van der Waals surface area contributed by atoms with Crippen LogP contribution in [0.2, 0.25) is 0 Å². The molecule has 0 atom stereocenters. The van der Waals surface area contributed by atoms with E-state index in [0.717, 1.165) is 26.1 Å². The Morgan fingerprint density at radius 1 is 1.46 bits per heavy atom. The minimum Gasteiger partial charge on any atom is -0.463 e. The van der Waals surface area contributed by atoms with Gasteiger partial charge in [0.05, 0.1) is 6.26 Å². The van der Waals surface area contributed by atoms with E-state index in [4.69, 9.17) is 4.42 Å². The van der Waals surface area contributed by atoms with Gasteiger partial charge in [-0.3, -0.25) is 14.8 Å². The SMILES string of the molecule is O=C(NCCN1CCc2sccc2C1)c1cc(-c2ccco2)[nH]n1. The molecule has 124 valence electrons. The molecule has 3 aromatic rings. The number of aromatic amines is 1. The Morgan fingerprint density at radius 3 is 3.29 bits per heavy atom. The lowest BCUT2D eigenvalue weighted by molar-refractivity contribution is 0.0942. The Morgan fingerprint density at radius 2 is 2.42 bits per heavy atom. The topological polar surface area (TPSA) is 74.2 Å². The smallest absolute Gasteiger partial charge is 0.271 e. The third kappa shape index (κ3) is 3.13. The number of nitrogens with one attached hydrogen (secondary N) is 2. The van der Waals surface area contributed by atoms with Crippen LogP contribution in [-0.4, -0.2) is 40.6 Å². The van der Waals surface area contributed by atoms with Crippen LogP contribution >= 0.6 is 11.3 Å². The maximum absolute atomic E-state index is 12.2. The van der Waals surface area contributed by atoms with E-state index >= 15 is 0 Å². The molecular formula is C17H18N4O2S. The van der Waals surface area contributed by atoms with Crippen LogP contribution in [0, 0.1) is 0 Å². The summed E-state index contributed by atoms with van der Waals surface area (Å²) in [7, 11) is 0. The summed E-state index contributed by atoms with van der Waals surface area (Å²) in [5, 5.41) is 12.0. The second-order valence-corrected chi connectivity index (χ2v) is 6.80. The molecule has 0 aliphatic carbocycles. The lowest BCUT2D eigenvalue weighted by atomic mass is 10.1. The summed E-state index contributed by atoms with van der Waals surface area (Å²) in [5.74, 6) is 0.499. The third-order valence-electron chi connectivity index (χ3n) is 4.20. The molecule has 1 aliphatic heterocycles. The van der Waals surface area contributed by atoms with Gasteiger partial charge in [0.15, 0.2) is 11.5 Å². The van der Waals surface area contributed by atoms with Crippen LogP contribution in [0.15, 0.2) is 40.3 Å². The fraction of sp³-hybridized carbons (Fsp3) is 0.294. The van der Waals surface area contributed by atoms with Crippen molar-refractivity contribution in [3.05, 3.63) is 52.0 Å². The van der Waals surface area contributed by atoms with Crippen molar-refractivity contribution in [2.24, 2.45) is 0 Å². The Bertz CT molecular complexity index is 821. The van der Waals surface area contributed by atoms with E-state index in [-0.39, 0.29) is 5.91 Å². The number of rotatable bonds is 5. The van der Waals surface area contributed by atoms with Crippen molar-refractivity contribution in [3.8, 4) is 11.5 Å². The van der Waals surface area contributed by atoms with Crippen LogP contribution in [0.5, 0.6) is 0 Å². The van der Waals surface area contributed by atoms with Crippen LogP contribution in [0.4, 0.5) is 0 Å². The zero-order chi connectivity index (χ0) is 16.4. The largest absolute Gasteiger partial charge is 0.463 e.